The Bertz CT molecular complexity index is 1210. The van der Waals surface area contributed by atoms with Gasteiger partial charge >= 0.3 is 0 Å². The van der Waals surface area contributed by atoms with Gasteiger partial charge in [0.25, 0.3) is 0 Å². The topological polar surface area (TPSA) is 44.7 Å². The van der Waals surface area contributed by atoms with E-state index in [1.807, 2.05) is 11.3 Å². The first-order chi connectivity index (χ1) is 17.1. The van der Waals surface area contributed by atoms with E-state index in [2.05, 4.69) is 53.7 Å². The van der Waals surface area contributed by atoms with Crippen LogP contribution in [0.1, 0.15) is 40.7 Å². The zero-order chi connectivity index (χ0) is 23.9. The second-order valence-electron chi connectivity index (χ2n) is 10.6. The standard InChI is InChI=1S/C28H37N5OS/c1-19-7-8-22-24(17-19)35-28-26(22)27(29-25(30-28)18-31-13-15-34-16-14-31)33-11-9-32(10-12-33)23-6-4-5-20(2)21(23)3/h4-6,19H,7-18H2,1-3H3/t19-/m1/s1. The third-order valence-electron chi connectivity index (χ3n) is 8.15. The van der Waals surface area contributed by atoms with Crippen molar-refractivity contribution in [3.63, 3.8) is 0 Å². The number of nitrogens with zero attached hydrogens (tertiary/aromatic N) is 5. The summed E-state index contributed by atoms with van der Waals surface area (Å²) >= 11 is 1.93. The molecule has 0 bridgehead atoms. The molecule has 3 aromatic rings. The van der Waals surface area contributed by atoms with Crippen LogP contribution in [-0.2, 0) is 24.1 Å². The normalized spacial score (nSPS) is 21.5. The first-order valence-corrected chi connectivity index (χ1v) is 14.1. The highest BCUT2D eigenvalue weighted by Crippen LogP contribution is 2.41. The Labute approximate surface area is 212 Å². The fourth-order valence-corrected chi connectivity index (χ4v) is 7.26. The lowest BCUT2D eigenvalue weighted by molar-refractivity contribution is 0.0331. The minimum absolute atomic E-state index is 0.765. The molecule has 1 atom stereocenters. The first kappa shape index (κ1) is 23.2. The SMILES string of the molecule is Cc1cccc(N2CCN(c3nc(CN4CCOCC4)nc4sc5c(c34)CC[C@@H](C)C5)CC2)c1C. The molecule has 0 unspecified atom stereocenters. The number of ether oxygens (including phenoxy) is 1. The minimum Gasteiger partial charge on any atom is -0.379 e. The average molecular weight is 492 g/mol. The summed E-state index contributed by atoms with van der Waals surface area (Å²) in [5.41, 5.74) is 5.69. The predicted molar refractivity (Wildman–Crippen MR) is 145 cm³/mol. The Kier molecular flexibility index (Phi) is 6.41. The van der Waals surface area contributed by atoms with Gasteiger partial charge in [0, 0.05) is 49.8 Å². The van der Waals surface area contributed by atoms with Gasteiger partial charge in [-0.3, -0.25) is 4.90 Å². The van der Waals surface area contributed by atoms with Crippen molar-refractivity contribution < 1.29 is 4.74 Å². The highest BCUT2D eigenvalue weighted by Gasteiger charge is 2.28. The number of piperazine rings is 1. The van der Waals surface area contributed by atoms with Gasteiger partial charge < -0.3 is 14.5 Å². The molecule has 3 aliphatic rings. The second-order valence-corrected chi connectivity index (χ2v) is 11.7. The molecule has 0 spiro atoms. The number of fused-ring (bicyclic) bond motifs is 3. The molecule has 0 saturated carbocycles. The molecular weight excluding hydrogens is 454 g/mol. The van der Waals surface area contributed by atoms with E-state index in [0.29, 0.717) is 0 Å². The van der Waals surface area contributed by atoms with Crippen LogP contribution in [0.15, 0.2) is 18.2 Å². The molecule has 2 fully saturated rings. The molecule has 2 aliphatic heterocycles. The predicted octanol–water partition coefficient (Wildman–Crippen LogP) is 4.59. The van der Waals surface area contributed by atoms with Crippen LogP contribution in [0.4, 0.5) is 11.5 Å². The van der Waals surface area contributed by atoms with E-state index < -0.39 is 0 Å². The van der Waals surface area contributed by atoms with Crippen molar-refractivity contribution in [3.05, 3.63) is 45.6 Å². The zero-order valence-electron chi connectivity index (χ0n) is 21.3. The maximum absolute atomic E-state index is 5.56. The molecule has 0 amide bonds. The summed E-state index contributed by atoms with van der Waals surface area (Å²) in [6.07, 6.45) is 3.63. The summed E-state index contributed by atoms with van der Waals surface area (Å²) in [6, 6.07) is 6.68. The Balaban J connectivity index is 1.32. The third kappa shape index (κ3) is 4.54. The Morgan fingerprint density at radius 3 is 2.57 bits per heavy atom. The fraction of sp³-hybridized carbons (Fsp3) is 0.571. The summed E-state index contributed by atoms with van der Waals surface area (Å²) in [5.74, 6) is 2.92. The number of thiophene rings is 1. The van der Waals surface area contributed by atoms with E-state index in [4.69, 9.17) is 14.7 Å². The van der Waals surface area contributed by atoms with Gasteiger partial charge in [0.2, 0.25) is 0 Å². The van der Waals surface area contributed by atoms with Crippen LogP contribution in [0.2, 0.25) is 0 Å². The van der Waals surface area contributed by atoms with Crippen molar-refractivity contribution in [3.8, 4) is 0 Å². The molecule has 6 nitrogen and oxygen atoms in total. The smallest absolute Gasteiger partial charge is 0.146 e. The number of benzene rings is 1. The van der Waals surface area contributed by atoms with Crippen LogP contribution in [0, 0.1) is 19.8 Å². The van der Waals surface area contributed by atoms with E-state index in [1.54, 1.807) is 4.88 Å². The Morgan fingerprint density at radius 1 is 1.00 bits per heavy atom. The average Bonchev–Trinajstić information content (AvgIpc) is 3.23. The highest BCUT2D eigenvalue weighted by molar-refractivity contribution is 7.19. The molecular formula is C28H37N5OS. The lowest BCUT2D eigenvalue weighted by atomic mass is 9.89. The van der Waals surface area contributed by atoms with Crippen LogP contribution in [-0.4, -0.2) is 67.4 Å². The van der Waals surface area contributed by atoms with Crippen LogP contribution >= 0.6 is 11.3 Å². The summed E-state index contributed by atoms with van der Waals surface area (Å²) in [4.78, 5) is 20.7. The maximum Gasteiger partial charge on any atom is 0.146 e. The molecule has 2 aromatic heterocycles. The van der Waals surface area contributed by atoms with E-state index in [-0.39, 0.29) is 0 Å². The highest BCUT2D eigenvalue weighted by atomic mass is 32.1. The number of hydrogen-bond acceptors (Lipinski definition) is 7. The van der Waals surface area contributed by atoms with Crippen LogP contribution in [0.3, 0.4) is 0 Å². The molecule has 0 radical (unpaired) electrons. The van der Waals surface area contributed by atoms with Crippen LogP contribution < -0.4 is 9.80 Å². The van der Waals surface area contributed by atoms with Gasteiger partial charge in [-0.05, 0) is 61.8 Å². The third-order valence-corrected chi connectivity index (χ3v) is 9.30. The zero-order valence-corrected chi connectivity index (χ0v) is 22.2. The van der Waals surface area contributed by atoms with Crippen molar-refractivity contribution in [2.24, 2.45) is 5.92 Å². The van der Waals surface area contributed by atoms with Gasteiger partial charge in [0.1, 0.15) is 16.5 Å². The van der Waals surface area contributed by atoms with Crippen LogP contribution in [0.25, 0.3) is 10.2 Å². The largest absolute Gasteiger partial charge is 0.379 e. The number of hydrogen-bond donors (Lipinski definition) is 0. The number of rotatable bonds is 4. The molecule has 6 rings (SSSR count). The summed E-state index contributed by atoms with van der Waals surface area (Å²) in [5, 5.41) is 1.35. The van der Waals surface area contributed by atoms with Crippen molar-refractivity contribution in [1.82, 2.24) is 14.9 Å². The summed E-state index contributed by atoms with van der Waals surface area (Å²) in [6.45, 7) is 15.2. The lowest BCUT2D eigenvalue weighted by Crippen LogP contribution is -2.47. The van der Waals surface area contributed by atoms with Gasteiger partial charge in [0.15, 0.2) is 0 Å². The second kappa shape index (κ2) is 9.68. The Morgan fingerprint density at radius 2 is 1.77 bits per heavy atom. The number of aryl methyl sites for hydroxylation is 2. The van der Waals surface area contributed by atoms with Crippen molar-refractivity contribution in [2.75, 3.05) is 62.3 Å². The molecule has 1 aliphatic carbocycles. The van der Waals surface area contributed by atoms with Crippen LogP contribution in [0.5, 0.6) is 0 Å². The van der Waals surface area contributed by atoms with E-state index in [9.17, 15) is 0 Å². The molecule has 35 heavy (non-hydrogen) atoms. The number of morpholine rings is 1. The van der Waals surface area contributed by atoms with Gasteiger partial charge in [-0.15, -0.1) is 11.3 Å². The van der Waals surface area contributed by atoms with E-state index in [0.717, 1.165) is 77.2 Å². The molecule has 1 aromatic carbocycles. The molecule has 2 saturated heterocycles. The van der Waals surface area contributed by atoms with Crippen molar-refractivity contribution in [1.29, 1.82) is 0 Å². The van der Waals surface area contributed by atoms with Gasteiger partial charge in [0.05, 0.1) is 25.1 Å². The lowest BCUT2D eigenvalue weighted by Gasteiger charge is -2.38. The molecule has 4 heterocycles. The summed E-state index contributed by atoms with van der Waals surface area (Å²) < 4.78 is 5.56. The molecule has 186 valence electrons. The van der Waals surface area contributed by atoms with Gasteiger partial charge in [-0.25, -0.2) is 9.97 Å². The van der Waals surface area contributed by atoms with Crippen molar-refractivity contribution in [2.45, 2.75) is 46.6 Å². The summed E-state index contributed by atoms with van der Waals surface area (Å²) in [7, 11) is 0. The monoisotopic (exact) mass is 491 g/mol. The van der Waals surface area contributed by atoms with Gasteiger partial charge in [-0.1, -0.05) is 19.1 Å². The van der Waals surface area contributed by atoms with Crippen molar-refractivity contribution >= 4 is 33.1 Å². The minimum atomic E-state index is 0.765. The number of anilines is 2. The van der Waals surface area contributed by atoms with E-state index >= 15 is 0 Å². The van der Waals surface area contributed by atoms with Gasteiger partial charge in [-0.2, -0.15) is 0 Å². The molecule has 7 heteroatoms. The fourth-order valence-electron chi connectivity index (χ4n) is 5.86. The number of aromatic nitrogens is 2. The molecule has 0 N–H and O–H groups in total. The van der Waals surface area contributed by atoms with E-state index in [1.165, 1.54) is 51.3 Å². The first-order valence-electron chi connectivity index (χ1n) is 13.2. The Hall–Kier alpha value is -2.22. The quantitative estimate of drug-likeness (QED) is 0.532. The maximum atomic E-state index is 5.56.